The third-order valence-electron chi connectivity index (χ3n) is 9.42. The topological polar surface area (TPSA) is 98.8 Å². The lowest BCUT2D eigenvalue weighted by atomic mass is 9.91. The second-order valence-electron chi connectivity index (χ2n) is 12.5. The Hall–Kier alpha value is -5.40. The number of halogens is 4. The molecule has 9 nitrogen and oxygen atoms in total. The fraction of sp³-hybridized carbons (Fsp3) is 0.300. The first-order chi connectivity index (χ1) is 25.5. The predicted molar refractivity (Wildman–Crippen MR) is 193 cm³/mol. The number of nitrogens with zero attached hydrogens (tertiary/aromatic N) is 3. The second kappa shape index (κ2) is 16.1. The van der Waals surface area contributed by atoms with Crippen LogP contribution in [-0.2, 0) is 17.9 Å². The van der Waals surface area contributed by atoms with Crippen LogP contribution < -0.4 is 14.2 Å². The first kappa shape index (κ1) is 37.4. The van der Waals surface area contributed by atoms with Crippen LogP contribution in [0.1, 0.15) is 40.7 Å². The van der Waals surface area contributed by atoms with Gasteiger partial charge in [-0.05, 0) is 79.8 Å². The highest BCUT2D eigenvalue weighted by Crippen LogP contribution is 2.38. The quantitative estimate of drug-likeness (QED) is 0.0554. The normalized spacial score (nSPS) is 15.1. The number of aliphatic hydroxyl groups excluding tert-OH is 1. The van der Waals surface area contributed by atoms with E-state index in [1.807, 2.05) is 50.2 Å². The summed E-state index contributed by atoms with van der Waals surface area (Å²) < 4.78 is 80.3. The van der Waals surface area contributed by atoms with Crippen LogP contribution in [0.15, 0.2) is 88.5 Å². The lowest BCUT2D eigenvalue weighted by Crippen LogP contribution is -2.31. The molecule has 5 aromatic rings. The maximum Gasteiger partial charge on any atom is 0.387 e. The Morgan fingerprint density at radius 2 is 1.62 bits per heavy atom. The van der Waals surface area contributed by atoms with Crippen molar-refractivity contribution in [3.8, 4) is 39.8 Å². The Kier molecular flexibility index (Phi) is 11.3. The minimum Gasteiger partial charge on any atom is -0.500 e. The number of fused-ring (bicyclic) bond motifs is 1. The molecule has 1 saturated heterocycles. The van der Waals surface area contributed by atoms with Gasteiger partial charge in [0.2, 0.25) is 11.8 Å². The van der Waals surface area contributed by atoms with Crippen LogP contribution in [0.25, 0.3) is 33.7 Å². The molecule has 2 heterocycles. The van der Waals surface area contributed by atoms with Crippen LogP contribution in [0.5, 0.6) is 17.2 Å². The van der Waals surface area contributed by atoms with Gasteiger partial charge < -0.3 is 28.5 Å². The number of aromatic nitrogens is 1. The smallest absolute Gasteiger partial charge is 0.387 e. The van der Waals surface area contributed by atoms with E-state index in [-0.39, 0.29) is 46.2 Å². The Bertz CT molecular complexity index is 2150. The molecule has 1 atom stereocenters. The summed E-state index contributed by atoms with van der Waals surface area (Å²) in [6.07, 6.45) is 1.80. The summed E-state index contributed by atoms with van der Waals surface area (Å²) in [5.74, 6) is 1.25. The Morgan fingerprint density at radius 3 is 2.30 bits per heavy atom. The molecular weight excluding hydrogens is 694 g/mol. The number of rotatable bonds is 13. The Labute approximate surface area is 304 Å². The van der Waals surface area contributed by atoms with Crippen LogP contribution >= 0.6 is 0 Å². The molecule has 278 valence electrons. The zero-order chi connectivity index (χ0) is 37.8. The van der Waals surface area contributed by atoms with Crippen molar-refractivity contribution in [3.05, 3.63) is 107 Å². The third-order valence-corrected chi connectivity index (χ3v) is 9.42. The van der Waals surface area contributed by atoms with Gasteiger partial charge in [0, 0.05) is 48.0 Å². The number of aliphatic imine (C=N–C) groups is 1. The summed E-state index contributed by atoms with van der Waals surface area (Å²) in [5, 5.41) is 9.70. The summed E-state index contributed by atoms with van der Waals surface area (Å²) in [5.41, 5.74) is 6.09. The second-order valence-corrected chi connectivity index (χ2v) is 12.5. The first-order valence-electron chi connectivity index (χ1n) is 16.9. The van der Waals surface area contributed by atoms with E-state index >= 15 is 0 Å². The number of methoxy groups -OCH3 is 1. The van der Waals surface area contributed by atoms with Crippen molar-refractivity contribution < 1.29 is 46.0 Å². The first-order valence-corrected chi connectivity index (χ1v) is 16.9. The largest absolute Gasteiger partial charge is 0.500 e. The van der Waals surface area contributed by atoms with E-state index in [0.717, 1.165) is 41.6 Å². The molecule has 1 aliphatic rings. The van der Waals surface area contributed by atoms with E-state index in [2.05, 4.69) is 26.2 Å². The molecular formula is C40H39F4N3O6. The summed E-state index contributed by atoms with van der Waals surface area (Å²) >= 11 is 0. The van der Waals surface area contributed by atoms with E-state index in [9.17, 15) is 22.7 Å². The molecule has 13 heteroatoms. The molecule has 0 spiro atoms. The minimum atomic E-state index is -3.07. The van der Waals surface area contributed by atoms with Crippen LogP contribution in [0.4, 0.5) is 17.6 Å². The monoisotopic (exact) mass is 733 g/mol. The van der Waals surface area contributed by atoms with Gasteiger partial charge in [0.1, 0.15) is 28.5 Å². The zero-order valence-corrected chi connectivity index (χ0v) is 29.7. The van der Waals surface area contributed by atoms with Crippen molar-refractivity contribution in [2.75, 3.05) is 20.7 Å². The Morgan fingerprint density at radius 1 is 0.943 bits per heavy atom. The highest BCUT2D eigenvalue weighted by Gasteiger charge is 2.29. The van der Waals surface area contributed by atoms with Crippen molar-refractivity contribution >= 4 is 17.0 Å². The molecule has 1 fully saturated rings. The van der Waals surface area contributed by atoms with E-state index in [1.165, 1.54) is 18.2 Å². The molecule has 0 bridgehead atoms. The molecule has 4 aromatic carbocycles. The number of alkyl halides is 4. The number of oxazole rings is 1. The number of hydrogen-bond donors (Lipinski definition) is 1. The zero-order valence-electron chi connectivity index (χ0n) is 29.7. The van der Waals surface area contributed by atoms with Gasteiger partial charge in [0.15, 0.2) is 5.58 Å². The van der Waals surface area contributed by atoms with Crippen LogP contribution in [0.2, 0.25) is 0 Å². The van der Waals surface area contributed by atoms with E-state index in [0.29, 0.717) is 34.5 Å². The molecule has 1 N–H and O–H groups in total. The number of ether oxygens (including phenoxy) is 4. The molecule has 53 heavy (non-hydrogen) atoms. The summed E-state index contributed by atoms with van der Waals surface area (Å²) in [6, 6.07) is 18.9. The number of benzene rings is 4. The maximum absolute atomic E-state index is 13.6. The van der Waals surface area contributed by atoms with Crippen molar-refractivity contribution in [2.24, 2.45) is 4.99 Å². The van der Waals surface area contributed by atoms with Gasteiger partial charge in [-0.15, -0.1) is 0 Å². The predicted octanol–water partition coefficient (Wildman–Crippen LogP) is 9.05. The van der Waals surface area contributed by atoms with Gasteiger partial charge in [-0.2, -0.15) is 17.6 Å². The van der Waals surface area contributed by atoms with Gasteiger partial charge in [-0.25, -0.2) is 4.98 Å². The summed E-state index contributed by atoms with van der Waals surface area (Å²) in [7, 11) is 3.16. The minimum absolute atomic E-state index is 0.00379. The average Bonchev–Trinajstić information content (AvgIpc) is 3.77. The third kappa shape index (κ3) is 8.01. The fourth-order valence-electron chi connectivity index (χ4n) is 6.76. The Balaban J connectivity index is 1.29. The number of hydrogen-bond acceptors (Lipinski definition) is 9. The summed E-state index contributed by atoms with van der Waals surface area (Å²) in [6.45, 7) is 2.36. The van der Waals surface area contributed by atoms with E-state index in [4.69, 9.17) is 18.6 Å². The fourth-order valence-corrected chi connectivity index (χ4v) is 6.76. The standard InChI is InChI=1S/C40H39F4N3O6/c1-22-28(29-10-7-12-31(23(29)2)38-46-32-17-26(21-48)35(53-40(43)44)19-36(32)51-38)9-6-11-30(22)37(45-4)50-27-15-14-25(34(18-27)52-39(41)42)20-47-16-8-13-33(47)24(3)49-5/h6-7,9-12,14-15,17-19,33,39-40,48H,3,8,13,16,20-21H2,1-2,4-5H3/b45-37-. The van der Waals surface area contributed by atoms with Gasteiger partial charge in [0.05, 0.1) is 19.8 Å². The van der Waals surface area contributed by atoms with Crippen molar-refractivity contribution in [1.29, 1.82) is 0 Å². The molecule has 0 amide bonds. The van der Waals surface area contributed by atoms with Crippen molar-refractivity contribution in [3.63, 3.8) is 0 Å². The lowest BCUT2D eigenvalue weighted by molar-refractivity contribution is -0.0515. The van der Waals surface area contributed by atoms with Gasteiger partial charge in [-0.1, -0.05) is 36.9 Å². The molecule has 1 aliphatic heterocycles. The van der Waals surface area contributed by atoms with E-state index in [1.54, 1.807) is 26.3 Å². The van der Waals surface area contributed by atoms with Crippen LogP contribution in [0, 0.1) is 13.8 Å². The summed E-state index contributed by atoms with van der Waals surface area (Å²) in [4.78, 5) is 11.1. The van der Waals surface area contributed by atoms with E-state index < -0.39 is 19.8 Å². The molecule has 1 unspecified atom stereocenters. The molecule has 6 rings (SSSR count). The average molecular weight is 734 g/mol. The van der Waals surface area contributed by atoms with Gasteiger partial charge >= 0.3 is 13.2 Å². The maximum atomic E-state index is 13.6. The molecule has 1 aromatic heterocycles. The van der Waals surface area contributed by atoms with Crippen LogP contribution in [-0.4, -0.2) is 60.9 Å². The SMILES string of the molecule is C=C(OC)C1CCCN1Cc1ccc(O/C(=N\C)c2cccc(-c3cccc(-c4nc5cc(CO)c(OC(F)F)cc5o4)c3C)c2C)cc1OC(F)F. The molecule has 0 aliphatic carbocycles. The number of aliphatic hydroxyl groups is 1. The number of likely N-dealkylation sites (tertiary alicyclic amines) is 1. The highest BCUT2D eigenvalue weighted by molar-refractivity contribution is 5.99. The lowest BCUT2D eigenvalue weighted by Gasteiger charge is -2.26. The van der Waals surface area contributed by atoms with Crippen molar-refractivity contribution in [1.82, 2.24) is 9.88 Å². The van der Waals surface area contributed by atoms with Gasteiger partial charge in [0.25, 0.3) is 0 Å². The van der Waals surface area contributed by atoms with Crippen molar-refractivity contribution in [2.45, 2.75) is 59.1 Å². The molecule has 0 saturated carbocycles. The highest BCUT2D eigenvalue weighted by atomic mass is 19.3. The van der Waals surface area contributed by atoms with Gasteiger partial charge in [-0.3, -0.25) is 9.89 Å². The molecule has 0 radical (unpaired) electrons. The van der Waals surface area contributed by atoms with Crippen LogP contribution in [0.3, 0.4) is 0 Å².